The zero-order valence-electron chi connectivity index (χ0n) is 19.3. The van der Waals surface area contributed by atoms with Gasteiger partial charge in [0, 0.05) is 35.7 Å². The molecule has 1 heterocycles. The lowest BCUT2D eigenvalue weighted by molar-refractivity contribution is -0.139. The van der Waals surface area contributed by atoms with E-state index in [1.54, 1.807) is 12.1 Å². The van der Waals surface area contributed by atoms with Gasteiger partial charge in [-0.2, -0.15) is 0 Å². The summed E-state index contributed by atoms with van der Waals surface area (Å²) in [5.41, 5.74) is 4.28. The van der Waals surface area contributed by atoms with Gasteiger partial charge in [0.25, 0.3) is 0 Å². The summed E-state index contributed by atoms with van der Waals surface area (Å²) in [7, 11) is 0. The lowest BCUT2D eigenvalue weighted by atomic mass is 9.75. The molecule has 1 aliphatic heterocycles. The zero-order valence-corrected chi connectivity index (χ0v) is 20.9. The molecule has 0 spiro atoms. The average molecular weight is 526 g/mol. The second kappa shape index (κ2) is 10.5. The van der Waals surface area contributed by atoms with Crippen molar-refractivity contribution in [3.63, 3.8) is 0 Å². The molecule has 0 fully saturated rings. The molecule has 0 unspecified atom stereocenters. The molecule has 1 aliphatic carbocycles. The van der Waals surface area contributed by atoms with Gasteiger partial charge in [-0.05, 0) is 65.9 Å². The van der Waals surface area contributed by atoms with Crippen LogP contribution in [0, 0.1) is 0 Å². The second-order valence-corrected chi connectivity index (χ2v) is 9.27. The topological polar surface area (TPSA) is 84.9 Å². The number of hydrogen-bond donors (Lipinski definition) is 2. The van der Waals surface area contributed by atoms with Crippen LogP contribution >= 0.6 is 15.9 Å². The number of ether oxygens (including phenoxy) is 2. The van der Waals surface area contributed by atoms with Crippen LogP contribution in [0.2, 0.25) is 0 Å². The number of dihydropyridines is 1. The number of phenolic OH excluding ortho intramolecular Hbond substituents is 1. The van der Waals surface area contributed by atoms with Crippen LogP contribution in [0.1, 0.15) is 50.2 Å². The number of allylic oxidation sites excluding steroid dienone is 3. The van der Waals surface area contributed by atoms with E-state index in [0.717, 1.165) is 24.1 Å². The number of benzene rings is 2. The fourth-order valence-corrected chi connectivity index (χ4v) is 5.06. The number of aromatic hydroxyl groups is 1. The number of carbonyl (C=O) groups is 2. The van der Waals surface area contributed by atoms with Gasteiger partial charge in [0.1, 0.15) is 0 Å². The molecule has 0 aromatic heterocycles. The van der Waals surface area contributed by atoms with Gasteiger partial charge in [-0.15, -0.1) is 0 Å². The first-order chi connectivity index (χ1) is 16.4. The van der Waals surface area contributed by atoms with Crippen molar-refractivity contribution in [1.29, 1.82) is 0 Å². The predicted molar refractivity (Wildman–Crippen MR) is 133 cm³/mol. The number of carbonyl (C=O) groups excluding carboxylic acids is 2. The van der Waals surface area contributed by atoms with Gasteiger partial charge in [-0.1, -0.05) is 30.3 Å². The quantitative estimate of drug-likeness (QED) is 0.476. The maximum atomic E-state index is 13.4. The molecule has 2 aliphatic rings. The predicted octanol–water partition coefficient (Wildman–Crippen LogP) is 5.31. The van der Waals surface area contributed by atoms with E-state index in [2.05, 4.69) is 21.2 Å². The van der Waals surface area contributed by atoms with Crippen LogP contribution < -0.4 is 10.1 Å². The fraction of sp³-hybridized carbons (Fsp3) is 0.333. The normalized spacial score (nSPS) is 17.9. The minimum absolute atomic E-state index is 0.0167. The van der Waals surface area contributed by atoms with Crippen molar-refractivity contribution >= 4 is 27.7 Å². The number of ketones is 1. The van der Waals surface area contributed by atoms with Crippen LogP contribution in [0.3, 0.4) is 0 Å². The summed E-state index contributed by atoms with van der Waals surface area (Å²) in [4.78, 5) is 26.5. The van der Waals surface area contributed by atoms with E-state index in [9.17, 15) is 14.7 Å². The Morgan fingerprint density at radius 2 is 1.97 bits per heavy atom. The Balaban J connectivity index is 1.71. The summed E-state index contributed by atoms with van der Waals surface area (Å²) >= 11 is 3.40. The molecule has 0 saturated heterocycles. The van der Waals surface area contributed by atoms with Gasteiger partial charge in [0.2, 0.25) is 0 Å². The largest absolute Gasteiger partial charge is 0.503 e. The van der Waals surface area contributed by atoms with Crippen LogP contribution in [0.5, 0.6) is 11.5 Å². The zero-order chi connectivity index (χ0) is 24.2. The molecule has 2 N–H and O–H groups in total. The molecule has 2 aromatic carbocycles. The van der Waals surface area contributed by atoms with Crippen LogP contribution in [-0.2, 0) is 20.7 Å². The molecule has 6 nitrogen and oxygen atoms in total. The minimum atomic E-state index is -0.607. The first kappa shape index (κ1) is 24.1. The molecule has 4 rings (SSSR count). The van der Waals surface area contributed by atoms with Gasteiger partial charge in [-0.25, -0.2) is 4.79 Å². The van der Waals surface area contributed by atoms with E-state index in [4.69, 9.17) is 9.47 Å². The molecule has 0 amide bonds. The molecule has 0 radical (unpaired) electrons. The molecule has 0 bridgehead atoms. The molecular formula is C27H28BrNO5. The number of halogens is 1. The third kappa shape index (κ3) is 4.89. The van der Waals surface area contributed by atoms with Crippen molar-refractivity contribution in [3.05, 3.63) is 80.6 Å². The fourth-order valence-electron chi connectivity index (χ4n) is 4.60. The maximum Gasteiger partial charge on any atom is 0.336 e. The third-order valence-electron chi connectivity index (χ3n) is 6.15. The Hall–Kier alpha value is -3.06. The summed E-state index contributed by atoms with van der Waals surface area (Å²) in [6.45, 7) is 4.26. The van der Waals surface area contributed by atoms with Crippen molar-refractivity contribution in [1.82, 2.24) is 5.32 Å². The molecule has 178 valence electrons. The highest BCUT2D eigenvalue weighted by molar-refractivity contribution is 9.10. The summed E-state index contributed by atoms with van der Waals surface area (Å²) in [5.74, 6) is -0.771. The highest BCUT2D eigenvalue weighted by Gasteiger charge is 2.39. The monoisotopic (exact) mass is 525 g/mol. The van der Waals surface area contributed by atoms with E-state index >= 15 is 0 Å². The van der Waals surface area contributed by atoms with Crippen molar-refractivity contribution in [2.45, 2.75) is 45.4 Å². The second-order valence-electron chi connectivity index (χ2n) is 8.42. The van der Waals surface area contributed by atoms with E-state index < -0.39 is 11.9 Å². The molecule has 7 heteroatoms. The number of Topliss-reactive ketones (excluding diaryl/α,β-unsaturated/α-hetero) is 1. The van der Waals surface area contributed by atoms with Gasteiger partial charge >= 0.3 is 5.97 Å². The van der Waals surface area contributed by atoms with Crippen molar-refractivity contribution in [2.24, 2.45) is 0 Å². The van der Waals surface area contributed by atoms with Crippen molar-refractivity contribution in [3.8, 4) is 11.5 Å². The van der Waals surface area contributed by atoms with E-state index in [1.165, 1.54) is 0 Å². The third-order valence-corrected chi connectivity index (χ3v) is 6.75. The maximum absolute atomic E-state index is 13.4. The Morgan fingerprint density at radius 1 is 1.21 bits per heavy atom. The van der Waals surface area contributed by atoms with Crippen LogP contribution in [0.4, 0.5) is 0 Å². The number of nitrogens with one attached hydrogen (secondary N) is 1. The van der Waals surface area contributed by atoms with Crippen molar-refractivity contribution < 1.29 is 24.2 Å². The number of esters is 1. The van der Waals surface area contributed by atoms with Gasteiger partial charge in [0.05, 0.1) is 23.3 Å². The summed E-state index contributed by atoms with van der Waals surface area (Å²) in [6.07, 6.45) is 2.54. The summed E-state index contributed by atoms with van der Waals surface area (Å²) in [5, 5.41) is 13.7. The number of phenols is 1. The van der Waals surface area contributed by atoms with E-state index in [0.29, 0.717) is 52.1 Å². The highest BCUT2D eigenvalue weighted by Crippen LogP contribution is 2.46. The Kier molecular flexibility index (Phi) is 7.41. The average Bonchev–Trinajstić information content (AvgIpc) is 2.82. The Labute approximate surface area is 207 Å². The van der Waals surface area contributed by atoms with Crippen LogP contribution in [0.15, 0.2) is 69.5 Å². The molecule has 34 heavy (non-hydrogen) atoms. The number of hydrogen-bond acceptors (Lipinski definition) is 6. The van der Waals surface area contributed by atoms with Gasteiger partial charge < -0.3 is 19.9 Å². The minimum Gasteiger partial charge on any atom is -0.503 e. The van der Waals surface area contributed by atoms with Crippen molar-refractivity contribution in [2.75, 3.05) is 13.2 Å². The number of rotatable bonds is 7. The Bertz CT molecular complexity index is 1170. The SMILES string of the molecule is CCOc1cc([C@@H]2C(C(=O)OCCc3ccccc3)=C(C)NC3=C2C(=O)CCC3)cc(Br)c1O. The molecular weight excluding hydrogens is 498 g/mol. The van der Waals surface area contributed by atoms with E-state index in [-0.39, 0.29) is 18.1 Å². The summed E-state index contributed by atoms with van der Waals surface area (Å²) in [6, 6.07) is 13.3. The van der Waals surface area contributed by atoms with Crippen LogP contribution in [-0.4, -0.2) is 30.1 Å². The molecule has 0 saturated carbocycles. The standard InChI is InChI=1S/C27H28BrNO5/c1-3-33-22-15-18(14-19(28)26(22)31)24-23(16(2)29-20-10-7-11-21(30)25(20)24)27(32)34-13-12-17-8-5-4-6-9-17/h4-6,8-9,14-15,24,29,31H,3,7,10-13H2,1-2H3/t24-/m1/s1. The first-order valence-corrected chi connectivity index (χ1v) is 12.3. The smallest absolute Gasteiger partial charge is 0.336 e. The Morgan fingerprint density at radius 3 is 2.71 bits per heavy atom. The van der Waals surface area contributed by atoms with Crippen LogP contribution in [0.25, 0.3) is 0 Å². The van der Waals surface area contributed by atoms with Gasteiger partial charge in [-0.3, -0.25) is 4.79 Å². The molecule has 2 aromatic rings. The molecule has 1 atom stereocenters. The summed E-state index contributed by atoms with van der Waals surface area (Å²) < 4.78 is 11.7. The lowest BCUT2D eigenvalue weighted by Gasteiger charge is -2.34. The van der Waals surface area contributed by atoms with E-state index in [1.807, 2.05) is 44.2 Å². The highest BCUT2D eigenvalue weighted by atomic mass is 79.9. The van der Waals surface area contributed by atoms with Gasteiger partial charge in [0.15, 0.2) is 17.3 Å². The lowest BCUT2D eigenvalue weighted by Crippen LogP contribution is -2.34. The first-order valence-electron chi connectivity index (χ1n) is 11.5.